The van der Waals surface area contributed by atoms with Crippen LogP contribution in [0.4, 0.5) is 5.69 Å². The quantitative estimate of drug-likeness (QED) is 0.749. The van der Waals surface area contributed by atoms with Gasteiger partial charge in [0.15, 0.2) is 0 Å². The Morgan fingerprint density at radius 2 is 2.24 bits per heavy atom. The minimum absolute atomic E-state index is 0.160. The summed E-state index contributed by atoms with van der Waals surface area (Å²) in [5.41, 5.74) is 1.01. The van der Waals surface area contributed by atoms with Gasteiger partial charge in [0.05, 0.1) is 14.2 Å². The molecule has 1 aromatic rings. The van der Waals surface area contributed by atoms with E-state index in [2.05, 4.69) is 4.90 Å². The second-order valence-electron chi connectivity index (χ2n) is 4.08. The summed E-state index contributed by atoms with van der Waals surface area (Å²) < 4.78 is 10.0. The van der Waals surface area contributed by atoms with Crippen LogP contribution in [0.1, 0.15) is 12.8 Å². The summed E-state index contributed by atoms with van der Waals surface area (Å²) in [5, 5.41) is 0. The van der Waals surface area contributed by atoms with E-state index in [-0.39, 0.29) is 12.0 Å². The van der Waals surface area contributed by atoms with Crippen LogP contribution in [0, 0.1) is 0 Å². The standard InChI is InChI=1S/C13H17NO3/c1-16-11-6-3-5-10(9-11)14-8-4-7-12(14)13(15)17-2/h3,5-6,9,12H,4,7-8H2,1-2H3/t12-/m0/s1. The Bertz CT molecular complexity index is 405. The van der Waals surface area contributed by atoms with E-state index in [1.165, 1.54) is 7.11 Å². The number of esters is 1. The molecule has 0 N–H and O–H groups in total. The Kier molecular flexibility index (Phi) is 3.52. The fourth-order valence-electron chi connectivity index (χ4n) is 2.25. The number of carbonyl (C=O) groups excluding carboxylic acids is 1. The number of ether oxygens (including phenoxy) is 2. The number of benzene rings is 1. The summed E-state index contributed by atoms with van der Waals surface area (Å²) in [4.78, 5) is 13.7. The molecule has 4 nitrogen and oxygen atoms in total. The molecule has 1 aliphatic rings. The van der Waals surface area contributed by atoms with E-state index in [0.717, 1.165) is 30.8 Å². The highest BCUT2D eigenvalue weighted by Crippen LogP contribution is 2.28. The van der Waals surface area contributed by atoms with Crippen LogP contribution < -0.4 is 9.64 Å². The highest BCUT2D eigenvalue weighted by molar-refractivity contribution is 5.80. The molecule has 0 amide bonds. The second-order valence-corrected chi connectivity index (χ2v) is 4.08. The van der Waals surface area contributed by atoms with Crippen molar-refractivity contribution in [2.24, 2.45) is 0 Å². The van der Waals surface area contributed by atoms with Crippen LogP contribution in [0.25, 0.3) is 0 Å². The van der Waals surface area contributed by atoms with Crippen molar-refractivity contribution in [1.29, 1.82) is 0 Å². The van der Waals surface area contributed by atoms with Crippen LogP contribution in [0.2, 0.25) is 0 Å². The first-order valence-electron chi connectivity index (χ1n) is 5.75. The van der Waals surface area contributed by atoms with Crippen molar-refractivity contribution >= 4 is 11.7 Å². The maximum absolute atomic E-state index is 11.7. The molecule has 17 heavy (non-hydrogen) atoms. The lowest BCUT2D eigenvalue weighted by molar-refractivity contribution is -0.141. The van der Waals surface area contributed by atoms with Gasteiger partial charge in [-0.05, 0) is 25.0 Å². The van der Waals surface area contributed by atoms with Crippen molar-refractivity contribution in [3.8, 4) is 5.75 Å². The second kappa shape index (κ2) is 5.08. The van der Waals surface area contributed by atoms with E-state index < -0.39 is 0 Å². The predicted molar refractivity (Wildman–Crippen MR) is 65.4 cm³/mol. The molecule has 0 unspecified atom stereocenters. The molecular weight excluding hydrogens is 218 g/mol. The summed E-state index contributed by atoms with van der Waals surface area (Å²) in [6, 6.07) is 7.60. The maximum Gasteiger partial charge on any atom is 0.328 e. The SMILES string of the molecule is COC(=O)[C@@H]1CCCN1c1cccc(OC)c1. The van der Waals surface area contributed by atoms with Crippen LogP contribution >= 0.6 is 0 Å². The lowest BCUT2D eigenvalue weighted by Gasteiger charge is -2.25. The number of hydrogen-bond acceptors (Lipinski definition) is 4. The molecule has 4 heteroatoms. The largest absolute Gasteiger partial charge is 0.497 e. The summed E-state index contributed by atoms with van der Waals surface area (Å²) >= 11 is 0. The molecule has 92 valence electrons. The molecule has 2 rings (SSSR count). The zero-order chi connectivity index (χ0) is 12.3. The van der Waals surface area contributed by atoms with Gasteiger partial charge < -0.3 is 14.4 Å². The molecule has 1 fully saturated rings. The zero-order valence-corrected chi connectivity index (χ0v) is 10.2. The fraction of sp³-hybridized carbons (Fsp3) is 0.462. The topological polar surface area (TPSA) is 38.8 Å². The number of anilines is 1. The third-order valence-corrected chi connectivity index (χ3v) is 3.11. The summed E-state index contributed by atoms with van der Waals surface area (Å²) in [7, 11) is 3.07. The molecule has 0 saturated carbocycles. The number of rotatable bonds is 3. The fourth-order valence-corrected chi connectivity index (χ4v) is 2.25. The van der Waals surface area contributed by atoms with Gasteiger partial charge in [0.2, 0.25) is 0 Å². The van der Waals surface area contributed by atoms with Crippen LogP contribution in [-0.4, -0.2) is 32.8 Å². The molecule has 1 saturated heterocycles. The predicted octanol–water partition coefficient (Wildman–Crippen LogP) is 1.84. The molecule has 1 aliphatic heterocycles. The first-order chi connectivity index (χ1) is 8.26. The van der Waals surface area contributed by atoms with Gasteiger partial charge in [0, 0.05) is 18.3 Å². The number of nitrogens with zero attached hydrogens (tertiary/aromatic N) is 1. The molecule has 0 aliphatic carbocycles. The van der Waals surface area contributed by atoms with E-state index in [1.807, 2.05) is 24.3 Å². The summed E-state index contributed by atoms with van der Waals surface area (Å²) in [5.74, 6) is 0.642. The highest BCUT2D eigenvalue weighted by Gasteiger charge is 2.31. The minimum Gasteiger partial charge on any atom is -0.497 e. The van der Waals surface area contributed by atoms with Gasteiger partial charge in [-0.3, -0.25) is 0 Å². The molecule has 0 bridgehead atoms. The maximum atomic E-state index is 11.7. The first-order valence-corrected chi connectivity index (χ1v) is 5.75. The summed E-state index contributed by atoms with van der Waals surface area (Å²) in [6.45, 7) is 0.882. The van der Waals surface area contributed by atoms with Crippen LogP contribution in [-0.2, 0) is 9.53 Å². The Hall–Kier alpha value is -1.71. The van der Waals surface area contributed by atoms with Crippen molar-refractivity contribution < 1.29 is 14.3 Å². The molecule has 0 radical (unpaired) electrons. The molecule has 1 aromatic carbocycles. The Balaban J connectivity index is 2.22. The molecule has 1 heterocycles. The van der Waals surface area contributed by atoms with Gasteiger partial charge in [-0.2, -0.15) is 0 Å². The van der Waals surface area contributed by atoms with Crippen molar-refractivity contribution in [1.82, 2.24) is 0 Å². The van der Waals surface area contributed by atoms with Crippen molar-refractivity contribution in [2.75, 3.05) is 25.7 Å². The highest BCUT2D eigenvalue weighted by atomic mass is 16.5. The van der Waals surface area contributed by atoms with Crippen molar-refractivity contribution in [3.63, 3.8) is 0 Å². The lowest BCUT2D eigenvalue weighted by Crippen LogP contribution is -2.36. The average Bonchev–Trinajstić information content (AvgIpc) is 2.87. The summed E-state index contributed by atoms with van der Waals surface area (Å²) in [6.07, 6.45) is 1.86. The molecule has 0 spiro atoms. The third kappa shape index (κ3) is 2.35. The Labute approximate surface area is 101 Å². The Morgan fingerprint density at radius 3 is 2.94 bits per heavy atom. The van der Waals surface area contributed by atoms with E-state index in [1.54, 1.807) is 7.11 Å². The normalized spacial score (nSPS) is 19.2. The number of methoxy groups -OCH3 is 2. The van der Waals surface area contributed by atoms with Gasteiger partial charge in [-0.15, -0.1) is 0 Å². The smallest absolute Gasteiger partial charge is 0.328 e. The number of hydrogen-bond donors (Lipinski definition) is 0. The van der Waals surface area contributed by atoms with E-state index in [0.29, 0.717) is 0 Å². The Morgan fingerprint density at radius 1 is 1.41 bits per heavy atom. The van der Waals surface area contributed by atoms with Gasteiger partial charge in [-0.25, -0.2) is 4.79 Å². The van der Waals surface area contributed by atoms with Crippen molar-refractivity contribution in [2.45, 2.75) is 18.9 Å². The average molecular weight is 235 g/mol. The zero-order valence-electron chi connectivity index (χ0n) is 10.2. The monoisotopic (exact) mass is 235 g/mol. The third-order valence-electron chi connectivity index (χ3n) is 3.11. The molecule has 0 aromatic heterocycles. The molecule has 1 atom stereocenters. The van der Waals surface area contributed by atoms with E-state index in [4.69, 9.17) is 9.47 Å². The van der Waals surface area contributed by atoms with Crippen LogP contribution in [0.5, 0.6) is 5.75 Å². The van der Waals surface area contributed by atoms with Crippen molar-refractivity contribution in [3.05, 3.63) is 24.3 Å². The van der Waals surface area contributed by atoms with Crippen LogP contribution in [0.15, 0.2) is 24.3 Å². The molecular formula is C13H17NO3. The first kappa shape index (κ1) is 11.8. The van der Waals surface area contributed by atoms with Gasteiger partial charge in [-0.1, -0.05) is 6.07 Å². The van der Waals surface area contributed by atoms with E-state index in [9.17, 15) is 4.79 Å². The lowest BCUT2D eigenvalue weighted by atomic mass is 10.2. The van der Waals surface area contributed by atoms with Gasteiger partial charge in [0.25, 0.3) is 0 Å². The number of carbonyl (C=O) groups is 1. The van der Waals surface area contributed by atoms with Gasteiger partial charge in [0.1, 0.15) is 11.8 Å². The van der Waals surface area contributed by atoms with Gasteiger partial charge >= 0.3 is 5.97 Å². The minimum atomic E-state index is -0.162. The van der Waals surface area contributed by atoms with Crippen LogP contribution in [0.3, 0.4) is 0 Å². The van der Waals surface area contributed by atoms with E-state index >= 15 is 0 Å².